The molecule has 0 aliphatic heterocycles. The van der Waals surface area contributed by atoms with Crippen LogP contribution in [0, 0.1) is 6.92 Å². The average molecular weight is 298 g/mol. The maximum absolute atomic E-state index is 5.92. The lowest BCUT2D eigenvalue weighted by Gasteiger charge is -2.20. The second kappa shape index (κ2) is 8.53. The third-order valence-corrected chi connectivity index (χ3v) is 3.36. The highest BCUT2D eigenvalue weighted by Crippen LogP contribution is 2.22. The molecule has 0 saturated heterocycles. The Kier molecular flexibility index (Phi) is 7.39. The van der Waals surface area contributed by atoms with Crippen LogP contribution in [-0.2, 0) is 0 Å². The van der Waals surface area contributed by atoms with Gasteiger partial charge in [-0.25, -0.2) is 0 Å². The topological polar surface area (TPSA) is 21.3 Å². The van der Waals surface area contributed by atoms with E-state index in [0.717, 1.165) is 35.9 Å². The molecule has 0 fully saturated rings. The molecular weight excluding hydrogens is 270 g/mol. The SMILES string of the molecule is Cc1cc(Cl)ccc1OCCCCCCNC(C)(C)C. The van der Waals surface area contributed by atoms with Gasteiger partial charge in [-0.15, -0.1) is 0 Å². The smallest absolute Gasteiger partial charge is 0.122 e. The van der Waals surface area contributed by atoms with Gasteiger partial charge in [0.1, 0.15) is 5.75 Å². The van der Waals surface area contributed by atoms with E-state index in [0.29, 0.717) is 0 Å². The first-order chi connectivity index (χ1) is 9.38. The average Bonchev–Trinajstić information content (AvgIpc) is 2.33. The van der Waals surface area contributed by atoms with Gasteiger partial charge in [0.05, 0.1) is 6.61 Å². The molecule has 0 amide bonds. The van der Waals surface area contributed by atoms with E-state index in [4.69, 9.17) is 16.3 Å². The molecule has 1 aromatic rings. The number of hydrogen-bond acceptors (Lipinski definition) is 2. The minimum absolute atomic E-state index is 0.231. The molecular formula is C17H28ClNO. The van der Waals surface area contributed by atoms with Crippen molar-refractivity contribution in [1.82, 2.24) is 5.32 Å². The van der Waals surface area contributed by atoms with Gasteiger partial charge in [-0.2, -0.15) is 0 Å². The lowest BCUT2D eigenvalue weighted by molar-refractivity contribution is 0.302. The van der Waals surface area contributed by atoms with Gasteiger partial charge in [-0.05, 0) is 70.8 Å². The lowest BCUT2D eigenvalue weighted by atomic mass is 10.1. The second-order valence-corrected chi connectivity index (χ2v) is 6.79. The molecule has 0 radical (unpaired) electrons. The van der Waals surface area contributed by atoms with Gasteiger partial charge in [0.15, 0.2) is 0 Å². The van der Waals surface area contributed by atoms with Gasteiger partial charge in [0, 0.05) is 10.6 Å². The Labute approximate surface area is 128 Å². The van der Waals surface area contributed by atoms with Crippen LogP contribution in [0.1, 0.15) is 52.0 Å². The number of benzene rings is 1. The number of hydrogen-bond donors (Lipinski definition) is 1. The van der Waals surface area contributed by atoms with Crippen LogP contribution in [0.5, 0.6) is 5.75 Å². The molecule has 0 atom stereocenters. The number of aryl methyl sites for hydroxylation is 1. The van der Waals surface area contributed by atoms with Gasteiger partial charge in [0.25, 0.3) is 0 Å². The third kappa shape index (κ3) is 7.76. The van der Waals surface area contributed by atoms with E-state index >= 15 is 0 Å². The Morgan fingerprint density at radius 2 is 1.80 bits per heavy atom. The molecule has 2 nitrogen and oxygen atoms in total. The first-order valence-corrected chi connectivity index (χ1v) is 7.90. The van der Waals surface area contributed by atoms with Gasteiger partial charge in [-0.3, -0.25) is 0 Å². The molecule has 3 heteroatoms. The van der Waals surface area contributed by atoms with Crippen LogP contribution in [0.2, 0.25) is 5.02 Å². The summed E-state index contributed by atoms with van der Waals surface area (Å²) in [5.41, 5.74) is 1.33. The first kappa shape index (κ1) is 17.3. The number of nitrogens with one attached hydrogen (secondary N) is 1. The summed E-state index contributed by atoms with van der Waals surface area (Å²) in [6.45, 7) is 10.5. The molecule has 0 aliphatic rings. The van der Waals surface area contributed by atoms with Crippen LogP contribution in [0.25, 0.3) is 0 Å². The molecule has 0 unspecified atom stereocenters. The molecule has 114 valence electrons. The van der Waals surface area contributed by atoms with Crippen LogP contribution in [0.3, 0.4) is 0 Å². The van der Waals surface area contributed by atoms with Gasteiger partial charge < -0.3 is 10.1 Å². The van der Waals surface area contributed by atoms with Crippen molar-refractivity contribution in [1.29, 1.82) is 0 Å². The molecule has 1 rings (SSSR count). The normalized spacial score (nSPS) is 11.7. The summed E-state index contributed by atoms with van der Waals surface area (Å²) < 4.78 is 5.78. The maximum Gasteiger partial charge on any atom is 0.122 e. The highest BCUT2D eigenvalue weighted by molar-refractivity contribution is 6.30. The predicted octanol–water partition coefficient (Wildman–Crippen LogP) is 4.98. The number of unbranched alkanes of at least 4 members (excludes halogenated alkanes) is 3. The summed E-state index contributed by atoms with van der Waals surface area (Å²) in [7, 11) is 0. The fraction of sp³-hybridized carbons (Fsp3) is 0.647. The van der Waals surface area contributed by atoms with Crippen molar-refractivity contribution in [2.75, 3.05) is 13.2 Å². The lowest BCUT2D eigenvalue weighted by Crippen LogP contribution is -2.36. The van der Waals surface area contributed by atoms with Crippen LogP contribution >= 0.6 is 11.6 Å². The largest absolute Gasteiger partial charge is 0.493 e. The highest BCUT2D eigenvalue weighted by Gasteiger charge is 2.06. The summed E-state index contributed by atoms with van der Waals surface area (Å²) in [5, 5.41) is 4.27. The predicted molar refractivity (Wildman–Crippen MR) is 87.9 cm³/mol. The monoisotopic (exact) mass is 297 g/mol. The summed E-state index contributed by atoms with van der Waals surface area (Å²) in [6, 6.07) is 5.77. The van der Waals surface area contributed by atoms with Crippen molar-refractivity contribution >= 4 is 11.6 Å². The number of rotatable bonds is 8. The fourth-order valence-electron chi connectivity index (χ4n) is 2.00. The standard InChI is InChI=1S/C17H28ClNO/c1-14-13-15(18)9-10-16(14)20-12-8-6-5-7-11-19-17(2,3)4/h9-10,13,19H,5-8,11-12H2,1-4H3. The van der Waals surface area contributed by atoms with E-state index in [-0.39, 0.29) is 5.54 Å². The van der Waals surface area contributed by atoms with E-state index in [1.54, 1.807) is 0 Å². The van der Waals surface area contributed by atoms with Gasteiger partial charge >= 0.3 is 0 Å². The molecule has 0 heterocycles. The third-order valence-electron chi connectivity index (χ3n) is 3.12. The Balaban J connectivity index is 2.05. The van der Waals surface area contributed by atoms with Crippen LogP contribution in [0.15, 0.2) is 18.2 Å². The summed E-state index contributed by atoms with van der Waals surface area (Å²) >= 11 is 5.92. The fourth-order valence-corrected chi connectivity index (χ4v) is 2.23. The molecule has 0 aromatic heterocycles. The van der Waals surface area contributed by atoms with Crippen molar-refractivity contribution in [3.8, 4) is 5.75 Å². The molecule has 1 aromatic carbocycles. The van der Waals surface area contributed by atoms with Crippen molar-refractivity contribution in [2.45, 2.75) is 58.9 Å². The zero-order chi connectivity index (χ0) is 15.0. The first-order valence-electron chi connectivity index (χ1n) is 7.52. The maximum atomic E-state index is 5.92. The van der Waals surface area contributed by atoms with E-state index in [1.807, 2.05) is 25.1 Å². The summed E-state index contributed by atoms with van der Waals surface area (Å²) in [4.78, 5) is 0. The second-order valence-electron chi connectivity index (χ2n) is 6.35. The Bertz CT molecular complexity index is 398. The minimum Gasteiger partial charge on any atom is -0.493 e. The van der Waals surface area contributed by atoms with Crippen LogP contribution < -0.4 is 10.1 Å². The van der Waals surface area contributed by atoms with E-state index in [9.17, 15) is 0 Å². The zero-order valence-electron chi connectivity index (χ0n) is 13.3. The number of ether oxygens (including phenoxy) is 1. The van der Waals surface area contributed by atoms with Crippen molar-refractivity contribution in [3.05, 3.63) is 28.8 Å². The zero-order valence-corrected chi connectivity index (χ0v) is 14.0. The van der Waals surface area contributed by atoms with Crippen molar-refractivity contribution in [3.63, 3.8) is 0 Å². The van der Waals surface area contributed by atoms with Crippen LogP contribution in [0.4, 0.5) is 0 Å². The van der Waals surface area contributed by atoms with E-state index in [1.165, 1.54) is 19.3 Å². The minimum atomic E-state index is 0.231. The summed E-state index contributed by atoms with van der Waals surface area (Å²) in [5.74, 6) is 0.948. The molecule has 0 saturated carbocycles. The molecule has 0 spiro atoms. The van der Waals surface area contributed by atoms with Crippen molar-refractivity contribution < 1.29 is 4.74 Å². The van der Waals surface area contributed by atoms with Gasteiger partial charge in [-0.1, -0.05) is 24.4 Å². The molecule has 1 N–H and O–H groups in total. The molecule has 0 bridgehead atoms. The Morgan fingerprint density at radius 1 is 1.10 bits per heavy atom. The quantitative estimate of drug-likeness (QED) is 0.684. The highest BCUT2D eigenvalue weighted by atomic mass is 35.5. The Hall–Kier alpha value is -0.730. The summed E-state index contributed by atoms with van der Waals surface area (Å²) in [6.07, 6.45) is 4.82. The Morgan fingerprint density at radius 3 is 2.45 bits per heavy atom. The number of halogens is 1. The van der Waals surface area contributed by atoms with Crippen molar-refractivity contribution in [2.24, 2.45) is 0 Å². The van der Waals surface area contributed by atoms with E-state index in [2.05, 4.69) is 26.1 Å². The van der Waals surface area contributed by atoms with Crippen LogP contribution in [-0.4, -0.2) is 18.7 Å². The van der Waals surface area contributed by atoms with Gasteiger partial charge in [0.2, 0.25) is 0 Å². The van der Waals surface area contributed by atoms with E-state index < -0.39 is 0 Å². The molecule has 0 aliphatic carbocycles. The molecule has 20 heavy (non-hydrogen) atoms.